The highest BCUT2D eigenvalue weighted by Gasteiger charge is 2.01. The summed E-state index contributed by atoms with van der Waals surface area (Å²) in [5.74, 6) is 0.879. The van der Waals surface area contributed by atoms with Crippen LogP contribution in [0, 0.1) is 0 Å². The van der Waals surface area contributed by atoms with Gasteiger partial charge in [0, 0.05) is 16.8 Å². The first-order valence-corrected chi connectivity index (χ1v) is 6.54. The first-order valence-electron chi connectivity index (χ1n) is 5.13. The maximum absolute atomic E-state index is 5.54. The van der Waals surface area contributed by atoms with Gasteiger partial charge in [-0.15, -0.1) is 0 Å². The van der Waals surface area contributed by atoms with Gasteiger partial charge in [0.15, 0.2) is 6.29 Å². The number of benzene rings is 1. The van der Waals surface area contributed by atoms with Crippen LogP contribution in [0.3, 0.4) is 0 Å². The smallest absolute Gasteiger partial charge is 0.196 e. The lowest BCUT2D eigenvalue weighted by atomic mass is 10.2. The molecule has 0 fully saturated rings. The minimum absolute atomic E-state index is 0.165. The van der Waals surface area contributed by atoms with Gasteiger partial charge < -0.3 is 9.47 Å². The Kier molecular flexibility index (Phi) is 4.69. The summed E-state index contributed by atoms with van der Waals surface area (Å²) >= 11 is 0. The molecule has 0 amide bonds. The predicted molar refractivity (Wildman–Crippen MR) is 61.8 cm³/mol. The summed E-state index contributed by atoms with van der Waals surface area (Å²) < 4.78 is 10.8. The third-order valence-electron chi connectivity index (χ3n) is 2.04. The molecule has 3 heteroatoms. The third-order valence-corrected chi connectivity index (χ3v) is 2.85. The van der Waals surface area contributed by atoms with Crippen LogP contribution in [0.1, 0.15) is 19.4 Å². The molecule has 1 aromatic carbocycles. The zero-order valence-corrected chi connectivity index (χ0v) is 11.1. The Bertz CT molecular complexity index is 258. The third kappa shape index (κ3) is 3.52. The van der Waals surface area contributed by atoms with Crippen molar-refractivity contribution < 1.29 is 9.47 Å². The van der Waals surface area contributed by atoms with Crippen molar-refractivity contribution in [2.45, 2.75) is 26.2 Å². The molecule has 1 atom stereocenters. The lowest BCUT2D eigenvalue weighted by Gasteiger charge is -2.14. The van der Waals surface area contributed by atoms with Crippen LogP contribution in [0.15, 0.2) is 24.3 Å². The molecule has 1 aromatic rings. The molecular weight excluding hydrogens is 192 g/mol. The van der Waals surface area contributed by atoms with E-state index in [0.717, 1.165) is 5.75 Å². The molecule has 0 heterocycles. The molecular formula is C11H18O2Si. The van der Waals surface area contributed by atoms with E-state index in [0.29, 0.717) is 6.61 Å². The fourth-order valence-corrected chi connectivity index (χ4v) is 1.74. The summed E-state index contributed by atoms with van der Waals surface area (Å²) in [7, 11) is 1.21. The molecule has 2 nitrogen and oxygen atoms in total. The van der Waals surface area contributed by atoms with Crippen molar-refractivity contribution in [2.75, 3.05) is 6.61 Å². The monoisotopic (exact) mass is 210 g/mol. The van der Waals surface area contributed by atoms with Crippen molar-refractivity contribution in [2.24, 2.45) is 0 Å². The summed E-state index contributed by atoms with van der Waals surface area (Å²) in [6.45, 7) is 4.55. The van der Waals surface area contributed by atoms with Crippen molar-refractivity contribution in [1.29, 1.82) is 0 Å². The lowest BCUT2D eigenvalue weighted by Crippen LogP contribution is -2.15. The van der Waals surface area contributed by atoms with E-state index in [1.165, 1.54) is 21.9 Å². The Balaban J connectivity index is 2.50. The van der Waals surface area contributed by atoms with Gasteiger partial charge in [-0.2, -0.15) is 0 Å². The zero-order valence-electron chi connectivity index (χ0n) is 9.12. The van der Waals surface area contributed by atoms with Gasteiger partial charge in [0.1, 0.15) is 5.75 Å². The van der Waals surface area contributed by atoms with Gasteiger partial charge in [-0.25, -0.2) is 0 Å². The van der Waals surface area contributed by atoms with Crippen molar-refractivity contribution in [3.05, 3.63) is 29.8 Å². The Hall–Kier alpha value is -0.803. The Morgan fingerprint density at radius 2 is 1.93 bits per heavy atom. The van der Waals surface area contributed by atoms with E-state index < -0.39 is 0 Å². The normalized spacial score (nSPS) is 12.7. The lowest BCUT2D eigenvalue weighted by molar-refractivity contribution is -0.0613. The van der Waals surface area contributed by atoms with Gasteiger partial charge in [-0.1, -0.05) is 17.7 Å². The van der Waals surface area contributed by atoms with Crippen molar-refractivity contribution in [3.8, 4) is 5.75 Å². The topological polar surface area (TPSA) is 18.5 Å². The molecule has 14 heavy (non-hydrogen) atoms. The number of ether oxygens (including phenoxy) is 2. The van der Waals surface area contributed by atoms with E-state index in [9.17, 15) is 0 Å². The van der Waals surface area contributed by atoms with Crippen molar-refractivity contribution >= 4 is 10.2 Å². The molecule has 0 aromatic heterocycles. The van der Waals surface area contributed by atoms with E-state index in [1.807, 2.05) is 26.0 Å². The van der Waals surface area contributed by atoms with Gasteiger partial charge in [0.05, 0.1) is 0 Å². The molecule has 0 radical (unpaired) electrons. The van der Waals surface area contributed by atoms with Gasteiger partial charge in [0.2, 0.25) is 0 Å². The average Bonchev–Trinajstić information content (AvgIpc) is 2.19. The van der Waals surface area contributed by atoms with Crippen LogP contribution in [-0.2, 0) is 10.8 Å². The standard InChI is InChI=1S/C11H18O2Si/c1-3-12-9(2)13-11-6-4-10(8-14)5-7-11/h4-7,9H,3,8H2,1-2,14H3. The van der Waals surface area contributed by atoms with Crippen LogP contribution in [0.25, 0.3) is 0 Å². The van der Waals surface area contributed by atoms with E-state index >= 15 is 0 Å². The Labute approximate surface area is 88.7 Å². The van der Waals surface area contributed by atoms with E-state index in [2.05, 4.69) is 12.1 Å². The molecule has 0 spiro atoms. The fourth-order valence-electron chi connectivity index (χ4n) is 1.26. The van der Waals surface area contributed by atoms with Crippen LogP contribution in [-0.4, -0.2) is 23.1 Å². The Morgan fingerprint density at radius 1 is 1.29 bits per heavy atom. The van der Waals surface area contributed by atoms with Crippen LogP contribution >= 0.6 is 0 Å². The van der Waals surface area contributed by atoms with Crippen LogP contribution in [0.5, 0.6) is 5.75 Å². The van der Waals surface area contributed by atoms with Crippen LogP contribution in [0.2, 0.25) is 0 Å². The van der Waals surface area contributed by atoms with E-state index in [-0.39, 0.29) is 6.29 Å². The molecule has 1 rings (SSSR count). The van der Waals surface area contributed by atoms with Gasteiger partial charge in [-0.3, -0.25) is 0 Å². The second kappa shape index (κ2) is 5.83. The molecule has 1 unspecified atom stereocenters. The largest absolute Gasteiger partial charge is 0.465 e. The fraction of sp³-hybridized carbons (Fsp3) is 0.455. The van der Waals surface area contributed by atoms with Gasteiger partial charge >= 0.3 is 0 Å². The Morgan fingerprint density at radius 3 is 2.43 bits per heavy atom. The summed E-state index contributed by atoms with van der Waals surface area (Å²) in [6.07, 6.45) is -0.165. The predicted octanol–water partition coefficient (Wildman–Crippen LogP) is 1.31. The molecule has 0 aliphatic carbocycles. The average molecular weight is 210 g/mol. The van der Waals surface area contributed by atoms with Gasteiger partial charge in [-0.05, 0) is 32.0 Å². The van der Waals surface area contributed by atoms with Crippen LogP contribution in [0.4, 0.5) is 0 Å². The first kappa shape index (κ1) is 11.3. The van der Waals surface area contributed by atoms with Crippen molar-refractivity contribution in [1.82, 2.24) is 0 Å². The van der Waals surface area contributed by atoms with Gasteiger partial charge in [0.25, 0.3) is 0 Å². The maximum atomic E-state index is 5.54. The second-order valence-corrected chi connectivity index (χ2v) is 3.85. The molecule has 0 saturated heterocycles. The first-order chi connectivity index (χ1) is 6.76. The molecule has 0 bridgehead atoms. The maximum Gasteiger partial charge on any atom is 0.196 e. The molecule has 0 aliphatic heterocycles. The number of hydrogen-bond acceptors (Lipinski definition) is 2. The molecule has 0 saturated carbocycles. The molecule has 0 N–H and O–H groups in total. The highest BCUT2D eigenvalue weighted by molar-refractivity contribution is 6.08. The molecule has 0 aliphatic rings. The second-order valence-electron chi connectivity index (χ2n) is 3.14. The van der Waals surface area contributed by atoms with E-state index in [4.69, 9.17) is 9.47 Å². The zero-order chi connectivity index (χ0) is 10.4. The number of rotatable bonds is 5. The van der Waals surface area contributed by atoms with Crippen LogP contribution < -0.4 is 4.74 Å². The SMILES string of the molecule is CCOC(C)Oc1ccc(C[SiH3])cc1. The summed E-state index contributed by atoms with van der Waals surface area (Å²) in [5.41, 5.74) is 1.38. The molecule has 78 valence electrons. The highest BCUT2D eigenvalue weighted by atomic mass is 28.1. The van der Waals surface area contributed by atoms with Crippen molar-refractivity contribution in [3.63, 3.8) is 0 Å². The summed E-state index contributed by atoms with van der Waals surface area (Å²) in [5, 5.41) is 0. The minimum atomic E-state index is -0.165. The quantitative estimate of drug-likeness (QED) is 0.539. The summed E-state index contributed by atoms with van der Waals surface area (Å²) in [6, 6.07) is 9.43. The highest BCUT2D eigenvalue weighted by Crippen LogP contribution is 2.13. The minimum Gasteiger partial charge on any atom is -0.465 e. The number of hydrogen-bond donors (Lipinski definition) is 0. The summed E-state index contributed by atoms with van der Waals surface area (Å²) in [4.78, 5) is 0. The van der Waals surface area contributed by atoms with E-state index in [1.54, 1.807) is 0 Å².